The summed E-state index contributed by atoms with van der Waals surface area (Å²) in [5, 5.41) is 13.3. The van der Waals surface area contributed by atoms with Crippen molar-refractivity contribution in [2.75, 3.05) is 7.05 Å². The van der Waals surface area contributed by atoms with Crippen molar-refractivity contribution in [3.63, 3.8) is 0 Å². The Balaban J connectivity index is 1.68. The summed E-state index contributed by atoms with van der Waals surface area (Å²) in [5.41, 5.74) is 3.30. The Kier molecular flexibility index (Phi) is 5.26. The highest BCUT2D eigenvalue weighted by Crippen LogP contribution is 2.27. The van der Waals surface area contributed by atoms with E-state index in [-0.39, 0.29) is 5.91 Å². The van der Waals surface area contributed by atoms with E-state index in [0.29, 0.717) is 17.9 Å². The Labute approximate surface area is 183 Å². The van der Waals surface area contributed by atoms with Crippen LogP contribution in [-0.2, 0) is 20.1 Å². The van der Waals surface area contributed by atoms with Crippen molar-refractivity contribution in [2.24, 2.45) is 7.05 Å². The lowest BCUT2D eigenvalue weighted by molar-refractivity contribution is 0.0775. The average molecular weight is 522 g/mol. The van der Waals surface area contributed by atoms with Crippen LogP contribution in [0, 0.1) is 0 Å². The van der Waals surface area contributed by atoms with Gasteiger partial charge in [0, 0.05) is 39.1 Å². The Morgan fingerprint density at radius 2 is 2.03 bits per heavy atom. The minimum Gasteiger partial charge on any atom is -0.334 e. The van der Waals surface area contributed by atoms with Gasteiger partial charge in [0.2, 0.25) is 0 Å². The van der Waals surface area contributed by atoms with E-state index < -0.39 is 0 Å². The summed E-state index contributed by atoms with van der Waals surface area (Å²) < 4.78 is 6.93. The van der Waals surface area contributed by atoms with Crippen molar-refractivity contribution >= 4 is 43.4 Å². The lowest BCUT2D eigenvalue weighted by Gasteiger charge is -2.16. The first-order valence-corrected chi connectivity index (χ1v) is 10.5. The van der Waals surface area contributed by atoms with Crippen LogP contribution in [-0.4, -0.2) is 52.0 Å². The number of amides is 1. The SMILES string of the molecule is CCn1cc(Br)c(-c2ccnc3cc(C(=O)N(C)Cc4c(Br)cnn4C)nn23)n1. The third kappa shape index (κ3) is 3.60. The van der Waals surface area contributed by atoms with Gasteiger partial charge in [-0.25, -0.2) is 9.50 Å². The number of carbonyl (C=O) groups is 1. The molecule has 0 bridgehead atoms. The van der Waals surface area contributed by atoms with E-state index in [1.165, 1.54) is 0 Å². The molecule has 4 heterocycles. The molecule has 1 amide bonds. The standard InChI is InChI=1S/C18H18Br2N8O/c1-4-27-9-12(20)17(24-27)14-5-6-21-16-7-13(23-28(14)16)18(29)25(2)10-15-11(19)8-22-26(15)3/h5-9H,4,10H2,1-3H3. The predicted molar refractivity (Wildman–Crippen MR) is 114 cm³/mol. The van der Waals surface area contributed by atoms with E-state index >= 15 is 0 Å². The minimum absolute atomic E-state index is 0.201. The van der Waals surface area contributed by atoms with Crippen LogP contribution in [0.2, 0.25) is 0 Å². The topological polar surface area (TPSA) is 86.1 Å². The summed E-state index contributed by atoms with van der Waals surface area (Å²) in [6, 6.07) is 3.52. The molecule has 0 aromatic carbocycles. The summed E-state index contributed by atoms with van der Waals surface area (Å²) in [6.07, 6.45) is 5.31. The number of aryl methyl sites for hydroxylation is 2. The molecule has 4 aromatic heterocycles. The van der Waals surface area contributed by atoms with Crippen LogP contribution in [0.15, 0.2) is 39.7 Å². The molecule has 0 unspecified atom stereocenters. The quantitative estimate of drug-likeness (QED) is 0.402. The summed E-state index contributed by atoms with van der Waals surface area (Å²) in [6.45, 7) is 3.17. The lowest BCUT2D eigenvalue weighted by Crippen LogP contribution is -2.27. The van der Waals surface area contributed by atoms with E-state index in [2.05, 4.69) is 52.1 Å². The summed E-state index contributed by atoms with van der Waals surface area (Å²) >= 11 is 7.02. The van der Waals surface area contributed by atoms with Gasteiger partial charge >= 0.3 is 0 Å². The van der Waals surface area contributed by atoms with E-state index in [9.17, 15) is 4.79 Å². The van der Waals surface area contributed by atoms with Gasteiger partial charge in [-0.15, -0.1) is 0 Å². The number of fused-ring (bicyclic) bond motifs is 1. The maximum absolute atomic E-state index is 13.0. The molecule has 29 heavy (non-hydrogen) atoms. The van der Waals surface area contributed by atoms with Crippen molar-refractivity contribution in [3.8, 4) is 11.4 Å². The monoisotopic (exact) mass is 520 g/mol. The van der Waals surface area contributed by atoms with Crippen molar-refractivity contribution in [1.29, 1.82) is 0 Å². The Bertz CT molecular complexity index is 1190. The van der Waals surface area contributed by atoms with Crippen molar-refractivity contribution in [3.05, 3.63) is 51.1 Å². The predicted octanol–water partition coefficient (Wildman–Crippen LogP) is 3.14. The highest BCUT2D eigenvalue weighted by molar-refractivity contribution is 9.10. The first-order valence-electron chi connectivity index (χ1n) is 8.89. The average Bonchev–Trinajstić information content (AvgIpc) is 3.39. The molecule has 0 aliphatic carbocycles. The zero-order valence-corrected chi connectivity index (χ0v) is 19.2. The molecule has 0 radical (unpaired) electrons. The first kappa shape index (κ1) is 19.8. The highest BCUT2D eigenvalue weighted by atomic mass is 79.9. The number of halogens is 2. The second-order valence-corrected chi connectivity index (χ2v) is 8.24. The first-order chi connectivity index (χ1) is 13.9. The van der Waals surface area contributed by atoms with Crippen LogP contribution in [0.25, 0.3) is 17.0 Å². The number of nitrogens with zero attached hydrogens (tertiary/aromatic N) is 8. The van der Waals surface area contributed by atoms with Gasteiger partial charge < -0.3 is 4.90 Å². The lowest BCUT2D eigenvalue weighted by atomic mass is 10.3. The number of hydrogen-bond donors (Lipinski definition) is 0. The molecule has 0 spiro atoms. The van der Waals surface area contributed by atoms with E-state index in [1.54, 1.807) is 39.6 Å². The number of carbonyl (C=O) groups excluding carboxylic acids is 1. The molecule has 4 aromatic rings. The van der Waals surface area contributed by atoms with Gasteiger partial charge in [-0.3, -0.25) is 14.2 Å². The summed E-state index contributed by atoms with van der Waals surface area (Å²) in [4.78, 5) is 18.9. The molecule has 0 fully saturated rings. The smallest absolute Gasteiger partial charge is 0.274 e. The van der Waals surface area contributed by atoms with E-state index in [1.807, 2.05) is 30.9 Å². The molecule has 0 aliphatic rings. The van der Waals surface area contributed by atoms with Crippen molar-refractivity contribution < 1.29 is 4.79 Å². The second-order valence-electron chi connectivity index (χ2n) is 6.54. The fraction of sp³-hybridized carbons (Fsp3) is 0.278. The number of rotatable bonds is 5. The van der Waals surface area contributed by atoms with Crippen LogP contribution >= 0.6 is 31.9 Å². The zero-order chi connectivity index (χ0) is 20.7. The fourth-order valence-electron chi connectivity index (χ4n) is 3.02. The van der Waals surface area contributed by atoms with E-state index in [4.69, 9.17) is 0 Å². The van der Waals surface area contributed by atoms with Gasteiger partial charge in [-0.1, -0.05) is 0 Å². The van der Waals surface area contributed by atoms with Gasteiger partial charge in [-0.05, 0) is 44.8 Å². The molecular weight excluding hydrogens is 504 g/mol. The van der Waals surface area contributed by atoms with Gasteiger partial charge in [-0.2, -0.15) is 15.3 Å². The highest BCUT2D eigenvalue weighted by Gasteiger charge is 2.21. The Morgan fingerprint density at radius 1 is 1.24 bits per heavy atom. The molecule has 0 N–H and O–H groups in total. The minimum atomic E-state index is -0.201. The van der Waals surface area contributed by atoms with Crippen LogP contribution in [0.4, 0.5) is 0 Å². The second kappa shape index (κ2) is 7.71. The third-order valence-electron chi connectivity index (χ3n) is 4.60. The Hall–Kier alpha value is -2.53. The molecule has 11 heteroatoms. The fourth-order valence-corrected chi connectivity index (χ4v) is 4.01. The molecule has 0 atom stereocenters. The molecule has 0 aliphatic heterocycles. The van der Waals surface area contributed by atoms with Gasteiger partial charge in [0.1, 0.15) is 5.69 Å². The maximum atomic E-state index is 13.0. The molecule has 9 nitrogen and oxygen atoms in total. The molecule has 0 saturated heterocycles. The van der Waals surface area contributed by atoms with E-state index in [0.717, 1.165) is 32.6 Å². The van der Waals surface area contributed by atoms with Gasteiger partial charge in [0.25, 0.3) is 5.91 Å². The zero-order valence-electron chi connectivity index (χ0n) is 16.0. The third-order valence-corrected chi connectivity index (χ3v) is 5.85. The van der Waals surface area contributed by atoms with Crippen molar-refractivity contribution in [2.45, 2.75) is 20.0 Å². The van der Waals surface area contributed by atoms with Crippen LogP contribution in [0.5, 0.6) is 0 Å². The largest absolute Gasteiger partial charge is 0.334 e. The van der Waals surface area contributed by atoms with Crippen LogP contribution in [0.3, 0.4) is 0 Å². The molecular formula is C18H18Br2N8O. The number of hydrogen-bond acceptors (Lipinski definition) is 5. The summed E-state index contributed by atoms with van der Waals surface area (Å²) in [7, 11) is 3.58. The molecule has 4 rings (SSSR count). The maximum Gasteiger partial charge on any atom is 0.274 e. The van der Waals surface area contributed by atoms with Gasteiger partial charge in [0.15, 0.2) is 11.3 Å². The van der Waals surface area contributed by atoms with Crippen LogP contribution in [0.1, 0.15) is 23.1 Å². The number of aromatic nitrogens is 7. The van der Waals surface area contributed by atoms with Crippen molar-refractivity contribution in [1.82, 2.24) is 39.1 Å². The normalized spacial score (nSPS) is 11.3. The molecule has 150 valence electrons. The summed E-state index contributed by atoms with van der Waals surface area (Å²) in [5.74, 6) is -0.201. The molecule has 0 saturated carbocycles. The van der Waals surface area contributed by atoms with Gasteiger partial charge in [0.05, 0.1) is 33.1 Å². The Morgan fingerprint density at radius 3 is 2.69 bits per heavy atom. The van der Waals surface area contributed by atoms with Crippen LogP contribution < -0.4 is 0 Å².